The van der Waals surface area contributed by atoms with Crippen molar-refractivity contribution in [1.29, 1.82) is 0 Å². The average molecular weight is 125 g/mol. The standard InChI is InChI=1S/C5H7N3O/c1-4-5(8-9)2-6-3-7-4/h2,9H,3H2,1H3. The molecule has 1 aliphatic rings. The van der Waals surface area contributed by atoms with Gasteiger partial charge in [0.2, 0.25) is 0 Å². The van der Waals surface area contributed by atoms with Crippen LogP contribution in [0.15, 0.2) is 15.1 Å². The summed E-state index contributed by atoms with van der Waals surface area (Å²) in [6.07, 6.45) is 1.50. The van der Waals surface area contributed by atoms with E-state index in [0.29, 0.717) is 12.4 Å². The minimum atomic E-state index is 0.446. The summed E-state index contributed by atoms with van der Waals surface area (Å²) in [4.78, 5) is 7.69. The Balaban J connectivity index is 2.83. The highest BCUT2D eigenvalue weighted by molar-refractivity contribution is 6.62. The molecule has 0 spiro atoms. The Morgan fingerprint density at radius 1 is 1.78 bits per heavy atom. The van der Waals surface area contributed by atoms with E-state index in [9.17, 15) is 0 Å². The van der Waals surface area contributed by atoms with Gasteiger partial charge in [0.05, 0.1) is 11.9 Å². The minimum absolute atomic E-state index is 0.446. The quantitative estimate of drug-likeness (QED) is 0.368. The molecule has 0 atom stereocenters. The van der Waals surface area contributed by atoms with Gasteiger partial charge in [-0.25, -0.2) is 0 Å². The van der Waals surface area contributed by atoms with Crippen LogP contribution in [-0.2, 0) is 0 Å². The first kappa shape index (κ1) is 5.94. The largest absolute Gasteiger partial charge is 0.410 e. The van der Waals surface area contributed by atoms with Gasteiger partial charge in [-0.15, -0.1) is 0 Å². The number of hydrogen-bond acceptors (Lipinski definition) is 4. The molecule has 0 saturated carbocycles. The van der Waals surface area contributed by atoms with Gasteiger partial charge in [0.25, 0.3) is 0 Å². The van der Waals surface area contributed by atoms with Gasteiger partial charge < -0.3 is 5.21 Å². The van der Waals surface area contributed by atoms with Crippen LogP contribution in [0, 0.1) is 0 Å². The van der Waals surface area contributed by atoms with Crippen LogP contribution in [0.25, 0.3) is 0 Å². The molecule has 0 saturated heterocycles. The van der Waals surface area contributed by atoms with Crippen molar-refractivity contribution in [2.24, 2.45) is 15.1 Å². The molecule has 4 nitrogen and oxygen atoms in total. The fourth-order valence-corrected chi connectivity index (χ4v) is 0.547. The normalized spacial score (nSPS) is 22.3. The Bertz CT molecular complexity index is 192. The molecule has 48 valence electrons. The zero-order valence-corrected chi connectivity index (χ0v) is 5.07. The molecule has 0 aromatic heterocycles. The first-order chi connectivity index (χ1) is 4.34. The Hall–Kier alpha value is -1.19. The third kappa shape index (κ3) is 1.13. The number of hydrogen-bond donors (Lipinski definition) is 1. The van der Waals surface area contributed by atoms with E-state index in [1.165, 1.54) is 6.21 Å². The lowest BCUT2D eigenvalue weighted by molar-refractivity contribution is 0.321. The number of aliphatic imine (C=N–C) groups is 2. The molecule has 0 aromatic rings. The molecule has 4 heteroatoms. The van der Waals surface area contributed by atoms with Crippen molar-refractivity contribution in [3.8, 4) is 0 Å². The second-order valence-electron chi connectivity index (χ2n) is 1.68. The van der Waals surface area contributed by atoms with Crippen molar-refractivity contribution in [1.82, 2.24) is 0 Å². The van der Waals surface area contributed by atoms with Crippen LogP contribution in [0.5, 0.6) is 0 Å². The summed E-state index contributed by atoms with van der Waals surface area (Å²) in [5.41, 5.74) is 1.17. The molecule has 0 aromatic carbocycles. The third-order valence-electron chi connectivity index (χ3n) is 1.08. The van der Waals surface area contributed by atoms with Crippen molar-refractivity contribution in [2.75, 3.05) is 6.67 Å². The smallest absolute Gasteiger partial charge is 0.141 e. The highest BCUT2D eigenvalue weighted by Crippen LogP contribution is 1.89. The van der Waals surface area contributed by atoms with Gasteiger partial charge in [0.1, 0.15) is 12.4 Å². The Morgan fingerprint density at radius 3 is 3.00 bits per heavy atom. The van der Waals surface area contributed by atoms with Gasteiger partial charge in [-0.2, -0.15) is 0 Å². The van der Waals surface area contributed by atoms with Crippen molar-refractivity contribution in [3.63, 3.8) is 0 Å². The zero-order valence-electron chi connectivity index (χ0n) is 5.07. The maximum Gasteiger partial charge on any atom is 0.141 e. The van der Waals surface area contributed by atoms with Gasteiger partial charge in [-0.05, 0) is 6.92 Å². The summed E-state index contributed by atoms with van der Waals surface area (Å²) in [5.74, 6) is 0. The highest BCUT2D eigenvalue weighted by Gasteiger charge is 2.02. The topological polar surface area (TPSA) is 57.3 Å². The Morgan fingerprint density at radius 2 is 2.56 bits per heavy atom. The van der Waals surface area contributed by atoms with E-state index in [0.717, 1.165) is 5.71 Å². The van der Waals surface area contributed by atoms with E-state index in [4.69, 9.17) is 5.21 Å². The van der Waals surface area contributed by atoms with Crippen molar-refractivity contribution in [2.45, 2.75) is 6.92 Å². The second-order valence-corrected chi connectivity index (χ2v) is 1.68. The SMILES string of the molecule is CC1=NCN=CC1=NO. The zero-order chi connectivity index (χ0) is 6.69. The average Bonchev–Trinajstić information content (AvgIpc) is 1.89. The molecule has 1 N–H and O–H groups in total. The first-order valence-corrected chi connectivity index (χ1v) is 2.58. The fourth-order valence-electron chi connectivity index (χ4n) is 0.547. The molecular weight excluding hydrogens is 118 g/mol. The van der Waals surface area contributed by atoms with Gasteiger partial charge in [-0.1, -0.05) is 5.16 Å². The van der Waals surface area contributed by atoms with E-state index in [1.54, 1.807) is 6.92 Å². The van der Waals surface area contributed by atoms with Crippen LogP contribution in [0.2, 0.25) is 0 Å². The van der Waals surface area contributed by atoms with Crippen LogP contribution in [0.3, 0.4) is 0 Å². The Labute approximate surface area is 52.6 Å². The molecule has 1 rings (SSSR count). The molecule has 0 aliphatic carbocycles. The van der Waals surface area contributed by atoms with Gasteiger partial charge >= 0.3 is 0 Å². The second kappa shape index (κ2) is 2.39. The number of oxime groups is 1. The molecule has 0 radical (unpaired) electrons. The first-order valence-electron chi connectivity index (χ1n) is 2.58. The van der Waals surface area contributed by atoms with Gasteiger partial charge in [-0.3, -0.25) is 9.98 Å². The van der Waals surface area contributed by atoms with E-state index in [1.807, 2.05) is 0 Å². The van der Waals surface area contributed by atoms with E-state index >= 15 is 0 Å². The maximum absolute atomic E-state index is 8.28. The molecule has 1 heterocycles. The summed E-state index contributed by atoms with van der Waals surface area (Å²) in [5, 5.41) is 11.2. The monoisotopic (exact) mass is 125 g/mol. The summed E-state index contributed by atoms with van der Waals surface area (Å²) < 4.78 is 0. The van der Waals surface area contributed by atoms with Crippen LogP contribution < -0.4 is 0 Å². The highest BCUT2D eigenvalue weighted by atomic mass is 16.4. The lowest BCUT2D eigenvalue weighted by Gasteiger charge is -2.00. The molecule has 0 bridgehead atoms. The molecule has 0 fully saturated rings. The summed E-state index contributed by atoms with van der Waals surface area (Å²) in [6, 6.07) is 0. The van der Waals surface area contributed by atoms with Crippen molar-refractivity contribution in [3.05, 3.63) is 0 Å². The summed E-state index contributed by atoms with van der Waals surface area (Å²) in [6.45, 7) is 2.23. The van der Waals surface area contributed by atoms with Gasteiger partial charge in [0.15, 0.2) is 0 Å². The molecule has 0 unspecified atom stereocenters. The van der Waals surface area contributed by atoms with Crippen molar-refractivity contribution >= 4 is 17.6 Å². The fraction of sp³-hybridized carbons (Fsp3) is 0.400. The van der Waals surface area contributed by atoms with Crippen LogP contribution in [0.1, 0.15) is 6.92 Å². The summed E-state index contributed by atoms with van der Waals surface area (Å²) >= 11 is 0. The van der Waals surface area contributed by atoms with E-state index < -0.39 is 0 Å². The lowest BCUT2D eigenvalue weighted by Crippen LogP contribution is -2.16. The predicted molar refractivity (Wildman–Crippen MR) is 35.7 cm³/mol. The number of nitrogens with zero attached hydrogens (tertiary/aromatic N) is 3. The predicted octanol–water partition coefficient (Wildman–Crippen LogP) is 0.319. The third-order valence-corrected chi connectivity index (χ3v) is 1.08. The molecule has 9 heavy (non-hydrogen) atoms. The molecule has 1 aliphatic heterocycles. The van der Waals surface area contributed by atoms with Crippen molar-refractivity contribution < 1.29 is 5.21 Å². The lowest BCUT2D eigenvalue weighted by atomic mass is 10.2. The van der Waals surface area contributed by atoms with E-state index in [2.05, 4.69) is 15.1 Å². The maximum atomic E-state index is 8.28. The number of rotatable bonds is 0. The van der Waals surface area contributed by atoms with Crippen LogP contribution >= 0.6 is 0 Å². The molecular formula is C5H7N3O. The van der Waals surface area contributed by atoms with E-state index in [-0.39, 0.29) is 0 Å². The molecule has 0 amide bonds. The Kier molecular flexibility index (Phi) is 1.58. The minimum Gasteiger partial charge on any atom is -0.410 e. The van der Waals surface area contributed by atoms with Gasteiger partial charge in [0, 0.05) is 0 Å². The van der Waals surface area contributed by atoms with Crippen LogP contribution in [-0.4, -0.2) is 29.5 Å². The van der Waals surface area contributed by atoms with Crippen LogP contribution in [0.4, 0.5) is 0 Å². The summed E-state index contributed by atoms with van der Waals surface area (Å²) in [7, 11) is 0.